The molecule has 0 saturated heterocycles. The predicted octanol–water partition coefficient (Wildman–Crippen LogP) is 3.99. The van der Waals surface area contributed by atoms with Crippen LogP contribution in [0.2, 0.25) is 0 Å². The van der Waals surface area contributed by atoms with Crippen LogP contribution in [0.5, 0.6) is 0 Å². The summed E-state index contributed by atoms with van der Waals surface area (Å²) in [4.78, 5) is 0. The molecule has 0 amide bonds. The summed E-state index contributed by atoms with van der Waals surface area (Å²) in [7, 11) is 0. The normalized spacial score (nSPS) is 13.5. The molecule has 3 nitrogen and oxygen atoms in total. The lowest BCUT2D eigenvalue weighted by Gasteiger charge is -2.08. The zero-order valence-corrected chi connectivity index (χ0v) is 12.7. The van der Waals surface area contributed by atoms with Gasteiger partial charge in [0.1, 0.15) is 0 Å². The quantitative estimate of drug-likeness (QED) is 0.641. The van der Waals surface area contributed by atoms with Crippen molar-refractivity contribution in [3.05, 3.63) is 40.1 Å². The number of hydrogen-bond donors (Lipinski definition) is 1. The highest BCUT2D eigenvalue weighted by atomic mass is 79.9. The Morgan fingerprint density at radius 2 is 1.86 bits per heavy atom. The van der Waals surface area contributed by atoms with E-state index in [0.717, 1.165) is 23.0 Å². The fourth-order valence-corrected chi connectivity index (χ4v) is 2.23. The maximum absolute atomic E-state index is 13.9. The highest BCUT2D eigenvalue weighted by molar-refractivity contribution is 9.10. The molecule has 1 aromatic heterocycles. The number of aliphatic hydroxyl groups is 1. The minimum absolute atomic E-state index is 0.196. The molecule has 2 rings (SSSR count). The van der Waals surface area contributed by atoms with Crippen molar-refractivity contribution in [2.75, 3.05) is 0 Å². The van der Waals surface area contributed by atoms with Crippen LogP contribution in [0.15, 0.2) is 22.8 Å². The Morgan fingerprint density at radius 1 is 1.23 bits per heavy atom. The highest BCUT2D eigenvalue weighted by Gasteiger charge is 2.38. The highest BCUT2D eigenvalue weighted by Crippen LogP contribution is 2.38. The Bertz CT molecular complexity index is 696. The molecule has 0 saturated carbocycles. The summed E-state index contributed by atoms with van der Waals surface area (Å²) in [5.74, 6) is -2.69. The number of nitrogens with zero attached hydrogens (tertiary/aromatic N) is 2. The van der Waals surface area contributed by atoms with Crippen molar-refractivity contribution in [1.82, 2.24) is 9.78 Å². The van der Waals surface area contributed by atoms with Gasteiger partial charge in [-0.1, -0.05) is 0 Å². The Labute approximate surface area is 130 Å². The van der Waals surface area contributed by atoms with E-state index < -0.39 is 40.7 Å². The Balaban J connectivity index is 2.63. The monoisotopic (exact) mass is 384 g/mol. The van der Waals surface area contributed by atoms with E-state index >= 15 is 0 Å². The summed E-state index contributed by atoms with van der Waals surface area (Å²) >= 11 is 2.76. The van der Waals surface area contributed by atoms with Gasteiger partial charge in [-0.15, -0.1) is 0 Å². The predicted molar refractivity (Wildman–Crippen MR) is 72.0 cm³/mol. The van der Waals surface area contributed by atoms with E-state index in [2.05, 4.69) is 21.0 Å². The van der Waals surface area contributed by atoms with E-state index in [1.165, 1.54) is 6.92 Å². The van der Waals surface area contributed by atoms with E-state index in [1.807, 2.05) is 0 Å². The van der Waals surface area contributed by atoms with Crippen LogP contribution in [-0.2, 0) is 12.7 Å². The van der Waals surface area contributed by atoms with E-state index in [1.54, 1.807) is 0 Å². The lowest BCUT2D eigenvalue weighted by molar-refractivity contribution is -0.141. The maximum atomic E-state index is 13.9. The molecule has 1 atom stereocenters. The first-order valence-electron chi connectivity index (χ1n) is 6.08. The van der Waals surface area contributed by atoms with E-state index in [4.69, 9.17) is 0 Å². The molecule has 120 valence electrons. The van der Waals surface area contributed by atoms with Gasteiger partial charge >= 0.3 is 6.18 Å². The Hall–Kier alpha value is -1.48. The van der Waals surface area contributed by atoms with Crippen LogP contribution in [0.1, 0.15) is 12.6 Å². The van der Waals surface area contributed by atoms with Gasteiger partial charge in [0, 0.05) is 17.3 Å². The number of aromatic nitrogens is 2. The van der Waals surface area contributed by atoms with Crippen molar-refractivity contribution in [3.63, 3.8) is 0 Å². The topological polar surface area (TPSA) is 38.0 Å². The van der Waals surface area contributed by atoms with Gasteiger partial charge in [-0.2, -0.15) is 18.3 Å². The molecular formula is C13H10BrF5N2O. The van der Waals surface area contributed by atoms with Crippen LogP contribution in [0.3, 0.4) is 0 Å². The van der Waals surface area contributed by atoms with Crippen LogP contribution in [0.4, 0.5) is 22.0 Å². The van der Waals surface area contributed by atoms with Crippen molar-refractivity contribution in [2.24, 2.45) is 0 Å². The zero-order chi connectivity index (χ0) is 16.7. The van der Waals surface area contributed by atoms with Crippen molar-refractivity contribution in [3.8, 4) is 11.1 Å². The molecule has 0 spiro atoms. The third kappa shape index (κ3) is 3.30. The van der Waals surface area contributed by atoms with Gasteiger partial charge < -0.3 is 5.11 Å². The third-order valence-corrected chi connectivity index (χ3v) is 3.42. The van der Waals surface area contributed by atoms with Crippen molar-refractivity contribution < 1.29 is 27.1 Å². The number of hydrogen-bond acceptors (Lipinski definition) is 2. The molecule has 1 aromatic carbocycles. The molecule has 0 aliphatic rings. The van der Waals surface area contributed by atoms with Crippen molar-refractivity contribution in [2.45, 2.75) is 25.7 Å². The number of halogens is 6. The van der Waals surface area contributed by atoms with Gasteiger partial charge in [0.2, 0.25) is 0 Å². The van der Waals surface area contributed by atoms with Gasteiger partial charge in [-0.25, -0.2) is 8.78 Å². The van der Waals surface area contributed by atoms with Crippen LogP contribution < -0.4 is 0 Å². The molecule has 0 fully saturated rings. The van der Waals surface area contributed by atoms with Crippen LogP contribution >= 0.6 is 15.9 Å². The fraction of sp³-hybridized carbons (Fsp3) is 0.308. The third-order valence-electron chi connectivity index (χ3n) is 2.81. The molecule has 9 heteroatoms. The number of rotatable bonds is 3. The average Bonchev–Trinajstić information content (AvgIpc) is 2.79. The first kappa shape index (κ1) is 16.9. The summed E-state index contributed by atoms with van der Waals surface area (Å²) in [6.07, 6.45) is -4.85. The van der Waals surface area contributed by atoms with Gasteiger partial charge in [0.05, 0.1) is 17.1 Å². The van der Waals surface area contributed by atoms with E-state index in [9.17, 15) is 27.1 Å². The molecule has 0 aliphatic heterocycles. The zero-order valence-electron chi connectivity index (χ0n) is 11.1. The summed E-state index contributed by atoms with van der Waals surface area (Å²) < 4.78 is 67.2. The molecule has 2 aromatic rings. The molecule has 0 radical (unpaired) electrons. The second-order valence-corrected chi connectivity index (χ2v) is 5.54. The molecule has 0 aliphatic carbocycles. The van der Waals surface area contributed by atoms with Gasteiger partial charge in [-0.05, 0) is 35.0 Å². The summed E-state index contributed by atoms with van der Waals surface area (Å²) in [5, 5.41) is 12.6. The van der Waals surface area contributed by atoms with Gasteiger partial charge in [0.15, 0.2) is 17.3 Å². The maximum Gasteiger partial charge on any atom is 0.435 e. The molecule has 1 unspecified atom stereocenters. The Kier molecular flexibility index (Phi) is 4.57. The average molecular weight is 385 g/mol. The SMILES string of the molecule is CC(O)Cn1cc(-c2ccc(Br)c(F)c2F)c(C(F)(F)F)n1. The minimum Gasteiger partial charge on any atom is -0.391 e. The molecule has 1 N–H and O–H groups in total. The van der Waals surface area contributed by atoms with Gasteiger partial charge in [0.25, 0.3) is 0 Å². The van der Waals surface area contributed by atoms with Gasteiger partial charge in [-0.3, -0.25) is 4.68 Å². The Morgan fingerprint density at radius 3 is 2.41 bits per heavy atom. The number of aliphatic hydroxyl groups excluding tert-OH is 1. The molecule has 0 bridgehead atoms. The van der Waals surface area contributed by atoms with E-state index in [0.29, 0.717) is 0 Å². The second-order valence-electron chi connectivity index (χ2n) is 4.68. The largest absolute Gasteiger partial charge is 0.435 e. The van der Waals surface area contributed by atoms with Crippen LogP contribution in [-0.4, -0.2) is 21.0 Å². The first-order valence-corrected chi connectivity index (χ1v) is 6.87. The standard InChI is InChI=1S/C13H10BrF5N2O/c1-6(22)4-21-5-8(12(20-21)13(17,18)19)7-2-3-9(14)11(16)10(7)15/h2-3,5-6,22H,4H2,1H3. The summed E-state index contributed by atoms with van der Waals surface area (Å²) in [6.45, 7) is 1.16. The first-order chi connectivity index (χ1) is 10.1. The van der Waals surface area contributed by atoms with Crippen LogP contribution in [0, 0.1) is 11.6 Å². The molecule has 1 heterocycles. The van der Waals surface area contributed by atoms with Crippen LogP contribution in [0.25, 0.3) is 11.1 Å². The lowest BCUT2D eigenvalue weighted by Crippen LogP contribution is -2.14. The summed E-state index contributed by atoms with van der Waals surface area (Å²) in [5.41, 5.74) is -2.48. The number of benzene rings is 1. The molecular weight excluding hydrogens is 375 g/mol. The van der Waals surface area contributed by atoms with E-state index in [-0.39, 0.29) is 11.0 Å². The van der Waals surface area contributed by atoms with Crippen molar-refractivity contribution in [1.29, 1.82) is 0 Å². The smallest absolute Gasteiger partial charge is 0.391 e. The van der Waals surface area contributed by atoms with Crippen molar-refractivity contribution >= 4 is 15.9 Å². The lowest BCUT2D eigenvalue weighted by atomic mass is 10.1. The fourth-order valence-electron chi connectivity index (χ4n) is 1.93. The summed E-state index contributed by atoms with van der Waals surface area (Å²) in [6, 6.07) is 2.14. The minimum atomic E-state index is -4.84. The number of alkyl halides is 3. The second kappa shape index (κ2) is 5.96. The molecule has 22 heavy (non-hydrogen) atoms.